The number of nitrogens with one attached hydrogen (secondary N) is 2. The molecule has 0 saturated carbocycles. The van der Waals surface area contributed by atoms with Gasteiger partial charge in [-0.05, 0) is 53.8 Å². The summed E-state index contributed by atoms with van der Waals surface area (Å²) in [7, 11) is 0. The van der Waals surface area contributed by atoms with Crippen LogP contribution in [0, 0.1) is 5.41 Å². The summed E-state index contributed by atoms with van der Waals surface area (Å²) in [5, 5.41) is 6.64. The lowest BCUT2D eigenvalue weighted by molar-refractivity contribution is -0.137. The van der Waals surface area contributed by atoms with Gasteiger partial charge in [-0.2, -0.15) is 13.2 Å². The van der Waals surface area contributed by atoms with E-state index in [-0.39, 0.29) is 39.8 Å². The first-order valence-electron chi connectivity index (χ1n) is 13.7. The van der Waals surface area contributed by atoms with Crippen LogP contribution in [0.2, 0.25) is 5.02 Å². The smallest absolute Gasteiger partial charge is 0.356 e. The molecule has 1 saturated heterocycles. The van der Waals surface area contributed by atoms with E-state index in [1.165, 1.54) is 6.20 Å². The lowest BCUT2D eigenvalue weighted by atomic mass is 9.92. The number of halogens is 4. The fourth-order valence-corrected chi connectivity index (χ4v) is 4.81. The van der Waals surface area contributed by atoms with Gasteiger partial charge in [0.1, 0.15) is 5.82 Å². The Morgan fingerprint density at radius 2 is 1.77 bits per heavy atom. The quantitative estimate of drug-likeness (QED) is 0.237. The molecule has 1 aliphatic rings. The third kappa shape index (κ3) is 7.22. The van der Waals surface area contributed by atoms with Gasteiger partial charge in [0.05, 0.1) is 21.7 Å². The fraction of sp³-hybridized carbons (Fsp3) is 0.323. The minimum atomic E-state index is -4.56. The number of carbonyl (C=O) groups excluding carboxylic acids is 2. The highest BCUT2D eigenvalue weighted by atomic mass is 35.5. The molecule has 0 bridgehead atoms. The number of nitrogens with zero attached hydrogens (tertiary/aromatic N) is 4. The number of anilines is 2. The van der Waals surface area contributed by atoms with Gasteiger partial charge in [0.25, 0.3) is 5.91 Å². The lowest BCUT2D eigenvalue weighted by Crippen LogP contribution is -2.37. The first-order chi connectivity index (χ1) is 20.3. The Labute approximate surface area is 251 Å². The molecule has 1 aliphatic heterocycles. The van der Waals surface area contributed by atoms with Crippen molar-refractivity contribution in [2.24, 2.45) is 5.41 Å². The molecule has 43 heavy (non-hydrogen) atoms. The molecule has 2 aromatic heterocycles. The SMILES string of the molecule is CC(C)(C)CC(=O)NCc1ccc(Cl)c(C(=O)Nc2ccc3c(N4CCC4)nc(-c4cncc(C(F)(F)F)c4)nc3c2)c1. The van der Waals surface area contributed by atoms with Crippen LogP contribution in [0.25, 0.3) is 22.3 Å². The average Bonchev–Trinajstić information content (AvgIpc) is 2.90. The molecule has 1 fully saturated rings. The molecule has 2 N–H and O–H groups in total. The van der Waals surface area contributed by atoms with Crippen LogP contribution < -0.4 is 15.5 Å². The largest absolute Gasteiger partial charge is 0.417 e. The molecule has 224 valence electrons. The number of alkyl halides is 3. The fourth-order valence-electron chi connectivity index (χ4n) is 4.61. The van der Waals surface area contributed by atoms with E-state index in [9.17, 15) is 22.8 Å². The molecule has 12 heteroatoms. The van der Waals surface area contributed by atoms with Gasteiger partial charge in [-0.15, -0.1) is 0 Å². The molecule has 0 radical (unpaired) electrons. The van der Waals surface area contributed by atoms with Gasteiger partial charge in [-0.1, -0.05) is 38.4 Å². The van der Waals surface area contributed by atoms with Crippen LogP contribution in [0.3, 0.4) is 0 Å². The molecule has 8 nitrogen and oxygen atoms in total. The first kappa shape index (κ1) is 30.2. The number of aromatic nitrogens is 3. The first-order valence-corrected chi connectivity index (χ1v) is 14.1. The van der Waals surface area contributed by atoms with E-state index in [1.54, 1.807) is 36.4 Å². The zero-order valence-electron chi connectivity index (χ0n) is 23.8. The number of hydrogen-bond donors (Lipinski definition) is 2. The van der Waals surface area contributed by atoms with E-state index in [2.05, 4.69) is 25.6 Å². The number of fused-ring (bicyclic) bond motifs is 1. The summed E-state index contributed by atoms with van der Waals surface area (Å²) < 4.78 is 40.1. The number of hydrogen-bond acceptors (Lipinski definition) is 6. The van der Waals surface area contributed by atoms with E-state index < -0.39 is 17.6 Å². The highest BCUT2D eigenvalue weighted by molar-refractivity contribution is 6.34. The van der Waals surface area contributed by atoms with E-state index in [0.29, 0.717) is 34.4 Å². The maximum atomic E-state index is 13.4. The molecule has 2 amide bonds. The minimum absolute atomic E-state index is 0.0931. The van der Waals surface area contributed by atoms with Crippen LogP contribution in [-0.2, 0) is 17.5 Å². The third-order valence-corrected chi connectivity index (χ3v) is 7.20. The zero-order valence-corrected chi connectivity index (χ0v) is 24.6. The van der Waals surface area contributed by atoms with Gasteiger partial charge in [-0.25, -0.2) is 9.97 Å². The van der Waals surface area contributed by atoms with E-state index in [4.69, 9.17) is 11.6 Å². The molecule has 0 unspecified atom stereocenters. The van der Waals surface area contributed by atoms with Crippen molar-refractivity contribution in [3.8, 4) is 11.4 Å². The summed E-state index contributed by atoms with van der Waals surface area (Å²) in [5.74, 6) is 0.141. The second-order valence-electron chi connectivity index (χ2n) is 11.7. The third-order valence-electron chi connectivity index (χ3n) is 6.87. The summed E-state index contributed by atoms with van der Waals surface area (Å²) in [5.41, 5.74) is 0.882. The summed E-state index contributed by atoms with van der Waals surface area (Å²) in [6, 6.07) is 11.1. The van der Waals surface area contributed by atoms with Crippen molar-refractivity contribution in [3.63, 3.8) is 0 Å². The van der Waals surface area contributed by atoms with Gasteiger partial charge >= 0.3 is 6.18 Å². The van der Waals surface area contributed by atoms with Crippen LogP contribution >= 0.6 is 11.6 Å². The van der Waals surface area contributed by atoms with Crippen LogP contribution in [-0.4, -0.2) is 39.9 Å². The molecule has 2 aromatic carbocycles. The van der Waals surface area contributed by atoms with Crippen LogP contribution in [0.4, 0.5) is 24.7 Å². The summed E-state index contributed by atoms with van der Waals surface area (Å²) in [4.78, 5) is 40.4. The summed E-state index contributed by atoms with van der Waals surface area (Å²) in [6.07, 6.45) is -1.17. The number of pyridine rings is 1. The van der Waals surface area contributed by atoms with Crippen molar-refractivity contribution in [1.29, 1.82) is 0 Å². The second-order valence-corrected chi connectivity index (χ2v) is 12.1. The van der Waals surface area contributed by atoms with E-state index in [1.807, 2.05) is 25.7 Å². The second kappa shape index (κ2) is 11.8. The van der Waals surface area contributed by atoms with Crippen LogP contribution in [0.15, 0.2) is 54.9 Å². The molecule has 3 heterocycles. The maximum Gasteiger partial charge on any atom is 0.417 e. The predicted octanol–water partition coefficient (Wildman–Crippen LogP) is 6.88. The van der Waals surface area contributed by atoms with Crippen molar-refractivity contribution in [2.75, 3.05) is 23.3 Å². The number of benzene rings is 2. The van der Waals surface area contributed by atoms with Crippen molar-refractivity contribution < 1.29 is 22.8 Å². The Kier molecular flexibility index (Phi) is 8.29. The highest BCUT2D eigenvalue weighted by Gasteiger charge is 2.31. The topological polar surface area (TPSA) is 100 Å². The van der Waals surface area contributed by atoms with E-state index >= 15 is 0 Å². The molecule has 0 aliphatic carbocycles. The lowest BCUT2D eigenvalue weighted by Gasteiger charge is -2.33. The molecular weight excluding hydrogens is 581 g/mol. The standard InChI is InChI=1S/C31H30ClF3N6O2/c1-30(2,3)14-26(42)37-15-18-5-8-24(32)23(11-18)29(43)38-21-6-7-22-25(13-21)39-27(40-28(22)41-9-4-10-41)19-12-20(17-36-16-19)31(33,34)35/h5-8,11-13,16-17H,4,9-10,14-15H2,1-3H3,(H,37,42)(H,38,43). The van der Waals surface area contributed by atoms with Gasteiger partial charge in [0, 0.05) is 55.1 Å². The average molecular weight is 611 g/mol. The van der Waals surface area contributed by atoms with Crippen molar-refractivity contribution in [1.82, 2.24) is 20.3 Å². The van der Waals surface area contributed by atoms with Gasteiger partial charge in [-0.3, -0.25) is 14.6 Å². The molecule has 0 atom stereocenters. The van der Waals surface area contributed by atoms with Gasteiger partial charge in [0.2, 0.25) is 5.91 Å². The Balaban J connectivity index is 1.42. The Hall–Kier alpha value is -4.25. The highest BCUT2D eigenvalue weighted by Crippen LogP contribution is 2.34. The Morgan fingerprint density at radius 1 is 1.00 bits per heavy atom. The van der Waals surface area contributed by atoms with Crippen LogP contribution in [0.5, 0.6) is 0 Å². The van der Waals surface area contributed by atoms with Crippen molar-refractivity contribution >= 4 is 45.8 Å². The zero-order chi connectivity index (χ0) is 30.9. The van der Waals surface area contributed by atoms with Gasteiger partial charge in [0.15, 0.2) is 5.82 Å². The van der Waals surface area contributed by atoms with E-state index in [0.717, 1.165) is 31.8 Å². The predicted molar refractivity (Wildman–Crippen MR) is 160 cm³/mol. The number of carbonyl (C=O) groups is 2. The van der Waals surface area contributed by atoms with Crippen LogP contribution in [0.1, 0.15) is 55.1 Å². The minimum Gasteiger partial charge on any atom is -0.356 e. The van der Waals surface area contributed by atoms with Crippen molar-refractivity contribution in [2.45, 2.75) is 46.3 Å². The van der Waals surface area contributed by atoms with Crippen molar-refractivity contribution in [3.05, 3.63) is 76.6 Å². The normalized spacial score (nSPS) is 13.5. The molecule has 4 aromatic rings. The van der Waals surface area contributed by atoms with Gasteiger partial charge < -0.3 is 15.5 Å². The number of rotatable bonds is 7. The Morgan fingerprint density at radius 3 is 2.44 bits per heavy atom. The maximum absolute atomic E-state index is 13.4. The molecule has 0 spiro atoms. The Bertz CT molecular complexity index is 1700. The summed E-state index contributed by atoms with van der Waals surface area (Å²) >= 11 is 6.35. The molecular formula is C31H30ClF3N6O2. The monoisotopic (exact) mass is 610 g/mol. The summed E-state index contributed by atoms with van der Waals surface area (Å²) in [6.45, 7) is 7.69. The molecule has 5 rings (SSSR count). The number of amides is 2.